The molecule has 1 heterocycles. The Hall–Kier alpha value is -3.54. The van der Waals surface area contributed by atoms with Gasteiger partial charge in [-0.2, -0.15) is 0 Å². The number of benzene rings is 2. The number of ether oxygens (including phenoxy) is 2. The van der Waals surface area contributed by atoms with Gasteiger partial charge in [0.05, 0.1) is 30.8 Å². The van der Waals surface area contributed by atoms with Gasteiger partial charge in [0, 0.05) is 5.56 Å². The van der Waals surface area contributed by atoms with Crippen LogP contribution in [0.5, 0.6) is 11.5 Å². The lowest BCUT2D eigenvalue weighted by molar-refractivity contribution is -0.374. The Labute approximate surface area is 150 Å². The van der Waals surface area contributed by atoms with Crippen molar-refractivity contribution in [3.63, 3.8) is 0 Å². The van der Waals surface area contributed by atoms with E-state index in [1.165, 1.54) is 6.08 Å². The first-order valence-corrected chi connectivity index (χ1v) is 7.85. The van der Waals surface area contributed by atoms with Crippen molar-refractivity contribution in [2.45, 2.75) is 0 Å². The molecule has 0 saturated heterocycles. The average Bonchev–Trinajstić information content (AvgIpc) is 3.15. The van der Waals surface area contributed by atoms with E-state index in [4.69, 9.17) is 13.9 Å². The largest absolute Gasteiger partial charge is 0.497 e. The minimum absolute atomic E-state index is 0.0525. The molecule has 0 N–H and O–H groups in total. The quantitative estimate of drug-likeness (QED) is 0.474. The van der Waals surface area contributed by atoms with E-state index >= 15 is 0 Å². The maximum atomic E-state index is 11.5. The monoisotopic (exact) mass is 351 g/mol. The first-order valence-electron chi connectivity index (χ1n) is 7.85. The van der Waals surface area contributed by atoms with Crippen LogP contribution in [-0.4, -0.2) is 19.1 Å². The van der Waals surface area contributed by atoms with Gasteiger partial charge in [0.25, 0.3) is 5.70 Å². The van der Waals surface area contributed by atoms with Gasteiger partial charge in [0.2, 0.25) is 0 Å². The summed E-state index contributed by atoms with van der Waals surface area (Å²) in [6.45, 7) is 0. The molecule has 26 heavy (non-hydrogen) atoms. The van der Waals surface area contributed by atoms with Crippen molar-refractivity contribution in [2.75, 3.05) is 14.2 Å². The third-order valence-electron chi connectivity index (χ3n) is 3.86. The lowest BCUT2D eigenvalue weighted by Crippen LogP contribution is -1.97. The molecule has 1 aromatic heterocycles. The molecular weight excluding hydrogens is 334 g/mol. The molecule has 0 unspecified atom stereocenters. The summed E-state index contributed by atoms with van der Waals surface area (Å²) < 4.78 is 16.0. The maximum Gasteiger partial charge on any atom is 0.280 e. The Bertz CT molecular complexity index is 924. The van der Waals surface area contributed by atoms with Gasteiger partial charge in [-0.25, -0.2) is 0 Å². The SMILES string of the molecule is COc1ccc(C(=Cc2ccc(-c3ccc(OC)cc3)o2)[N+](=O)[O-])cc1. The van der Waals surface area contributed by atoms with Gasteiger partial charge in [-0.05, 0) is 60.7 Å². The smallest absolute Gasteiger partial charge is 0.280 e. The van der Waals surface area contributed by atoms with Gasteiger partial charge in [-0.3, -0.25) is 10.1 Å². The van der Waals surface area contributed by atoms with Crippen LogP contribution in [0.4, 0.5) is 0 Å². The van der Waals surface area contributed by atoms with E-state index in [-0.39, 0.29) is 5.70 Å². The van der Waals surface area contributed by atoms with Crippen molar-refractivity contribution in [1.82, 2.24) is 0 Å². The van der Waals surface area contributed by atoms with Gasteiger partial charge in [-0.15, -0.1) is 0 Å². The third kappa shape index (κ3) is 3.75. The highest BCUT2D eigenvalue weighted by Crippen LogP contribution is 2.27. The summed E-state index contributed by atoms with van der Waals surface area (Å²) in [7, 11) is 3.14. The Morgan fingerprint density at radius 2 is 1.50 bits per heavy atom. The molecule has 0 aliphatic heterocycles. The van der Waals surface area contributed by atoms with E-state index in [1.54, 1.807) is 50.6 Å². The fraction of sp³-hybridized carbons (Fsp3) is 0.100. The summed E-state index contributed by atoms with van der Waals surface area (Å²) in [4.78, 5) is 11.0. The van der Waals surface area contributed by atoms with Crippen molar-refractivity contribution in [3.05, 3.63) is 82.1 Å². The predicted molar refractivity (Wildman–Crippen MR) is 98.6 cm³/mol. The Balaban J connectivity index is 1.90. The van der Waals surface area contributed by atoms with Crippen LogP contribution >= 0.6 is 0 Å². The minimum atomic E-state index is -0.433. The molecule has 0 amide bonds. The van der Waals surface area contributed by atoms with Crippen molar-refractivity contribution in [1.29, 1.82) is 0 Å². The second-order valence-corrected chi connectivity index (χ2v) is 5.45. The zero-order valence-electron chi connectivity index (χ0n) is 14.3. The lowest BCUT2D eigenvalue weighted by atomic mass is 10.1. The standard InChI is InChI=1S/C20H17NO5/c1-24-16-7-3-14(4-8-16)19(21(22)23)13-18-11-12-20(26-18)15-5-9-17(25-2)10-6-15/h3-13H,1-2H3. The number of furan rings is 1. The van der Waals surface area contributed by atoms with Crippen molar-refractivity contribution >= 4 is 11.8 Å². The Kier molecular flexibility index (Phi) is 5.03. The van der Waals surface area contributed by atoms with Crippen LogP contribution in [0.25, 0.3) is 23.1 Å². The van der Waals surface area contributed by atoms with E-state index in [1.807, 2.05) is 24.3 Å². The Morgan fingerprint density at radius 1 is 0.923 bits per heavy atom. The second-order valence-electron chi connectivity index (χ2n) is 5.45. The molecule has 3 aromatic rings. The molecule has 0 aliphatic carbocycles. The highest BCUT2D eigenvalue weighted by molar-refractivity contribution is 5.75. The second kappa shape index (κ2) is 7.57. The van der Waals surface area contributed by atoms with Crippen LogP contribution < -0.4 is 9.47 Å². The van der Waals surface area contributed by atoms with Gasteiger partial charge >= 0.3 is 0 Å². The van der Waals surface area contributed by atoms with Crippen LogP contribution in [0.2, 0.25) is 0 Å². The average molecular weight is 351 g/mol. The number of nitro groups is 1. The Morgan fingerprint density at radius 3 is 2.04 bits per heavy atom. The molecule has 6 nitrogen and oxygen atoms in total. The van der Waals surface area contributed by atoms with Gasteiger partial charge in [0.15, 0.2) is 0 Å². The summed E-state index contributed by atoms with van der Waals surface area (Å²) in [6.07, 6.45) is 1.41. The van der Waals surface area contributed by atoms with Gasteiger partial charge in [-0.1, -0.05) is 0 Å². The fourth-order valence-electron chi connectivity index (χ4n) is 2.48. The van der Waals surface area contributed by atoms with E-state index < -0.39 is 4.92 Å². The van der Waals surface area contributed by atoms with Crippen LogP contribution in [0, 0.1) is 10.1 Å². The summed E-state index contributed by atoms with van der Waals surface area (Å²) in [5.74, 6) is 2.40. The molecule has 0 spiro atoms. The fourth-order valence-corrected chi connectivity index (χ4v) is 2.48. The molecule has 0 saturated carbocycles. The molecule has 3 rings (SSSR count). The summed E-state index contributed by atoms with van der Waals surface area (Å²) in [6, 6.07) is 17.5. The molecule has 0 fully saturated rings. The summed E-state index contributed by atoms with van der Waals surface area (Å²) >= 11 is 0. The van der Waals surface area contributed by atoms with Gasteiger partial charge in [0.1, 0.15) is 23.0 Å². The van der Waals surface area contributed by atoms with Crippen LogP contribution in [0.1, 0.15) is 11.3 Å². The van der Waals surface area contributed by atoms with Gasteiger partial charge < -0.3 is 13.9 Å². The lowest BCUT2D eigenvalue weighted by Gasteiger charge is -2.02. The number of hydrogen-bond acceptors (Lipinski definition) is 5. The van der Waals surface area contributed by atoms with Crippen molar-refractivity contribution in [2.24, 2.45) is 0 Å². The number of hydrogen-bond donors (Lipinski definition) is 0. The number of rotatable bonds is 6. The normalized spacial score (nSPS) is 11.2. The van der Waals surface area contributed by atoms with E-state index in [0.29, 0.717) is 22.8 Å². The van der Waals surface area contributed by atoms with E-state index in [9.17, 15) is 10.1 Å². The predicted octanol–water partition coefficient (Wildman–Crippen LogP) is 4.74. The molecule has 132 valence electrons. The highest BCUT2D eigenvalue weighted by atomic mass is 16.6. The molecule has 2 aromatic carbocycles. The van der Waals surface area contributed by atoms with Crippen LogP contribution in [0.3, 0.4) is 0 Å². The molecule has 0 radical (unpaired) electrons. The molecule has 0 atom stereocenters. The van der Waals surface area contributed by atoms with Crippen LogP contribution in [-0.2, 0) is 0 Å². The number of nitrogens with zero attached hydrogens (tertiary/aromatic N) is 1. The van der Waals surface area contributed by atoms with Crippen molar-refractivity contribution in [3.8, 4) is 22.8 Å². The summed E-state index contributed by atoms with van der Waals surface area (Å²) in [5.41, 5.74) is 1.28. The van der Waals surface area contributed by atoms with E-state index in [2.05, 4.69) is 0 Å². The first-order chi connectivity index (χ1) is 12.6. The third-order valence-corrected chi connectivity index (χ3v) is 3.86. The maximum absolute atomic E-state index is 11.5. The summed E-state index contributed by atoms with van der Waals surface area (Å²) in [5, 5.41) is 11.5. The molecule has 0 bridgehead atoms. The zero-order valence-corrected chi connectivity index (χ0v) is 14.3. The zero-order chi connectivity index (χ0) is 18.5. The molecular formula is C20H17NO5. The minimum Gasteiger partial charge on any atom is -0.497 e. The molecule has 6 heteroatoms. The van der Waals surface area contributed by atoms with E-state index in [0.717, 1.165) is 11.3 Å². The first kappa shape index (κ1) is 17.3. The van der Waals surface area contributed by atoms with Crippen molar-refractivity contribution < 1.29 is 18.8 Å². The molecule has 0 aliphatic rings. The van der Waals surface area contributed by atoms with Crippen LogP contribution in [0.15, 0.2) is 65.1 Å². The highest BCUT2D eigenvalue weighted by Gasteiger charge is 2.16. The number of methoxy groups -OCH3 is 2. The topological polar surface area (TPSA) is 74.7 Å².